The molecule has 0 aliphatic carbocycles. The van der Waals surface area contributed by atoms with Crippen molar-refractivity contribution >= 4 is 23.3 Å². The Bertz CT molecular complexity index is 687. The van der Waals surface area contributed by atoms with Crippen LogP contribution in [0.5, 0.6) is 0 Å². The zero-order chi connectivity index (χ0) is 17.5. The van der Waals surface area contributed by atoms with Crippen LogP contribution in [0.1, 0.15) is 23.2 Å². The van der Waals surface area contributed by atoms with E-state index >= 15 is 0 Å². The largest absolute Gasteiger partial charge is 0.334 e. The number of imide groups is 1. The third kappa shape index (κ3) is 5.43. The molecule has 0 bridgehead atoms. The number of amides is 3. The first-order valence-corrected chi connectivity index (χ1v) is 8.57. The SMILES string of the molecule is Cc1nc(CN(C)C(C)C(=O)NC(=O)NCc2ccccc2)cs1. The average molecular weight is 346 g/mol. The molecule has 1 atom stereocenters. The van der Waals surface area contributed by atoms with Crippen molar-refractivity contribution in [2.45, 2.75) is 33.0 Å². The van der Waals surface area contributed by atoms with Crippen LogP contribution >= 0.6 is 11.3 Å². The molecule has 2 aromatic rings. The van der Waals surface area contributed by atoms with Gasteiger partial charge in [-0.05, 0) is 26.5 Å². The molecule has 1 aromatic carbocycles. The number of urea groups is 1. The van der Waals surface area contributed by atoms with Crippen molar-refractivity contribution in [2.75, 3.05) is 7.05 Å². The zero-order valence-electron chi connectivity index (χ0n) is 14.1. The van der Waals surface area contributed by atoms with Gasteiger partial charge in [-0.15, -0.1) is 11.3 Å². The second-order valence-electron chi connectivity index (χ2n) is 5.61. The number of rotatable bonds is 6. The van der Waals surface area contributed by atoms with Crippen LogP contribution in [0.3, 0.4) is 0 Å². The number of benzene rings is 1. The van der Waals surface area contributed by atoms with Crippen molar-refractivity contribution in [1.82, 2.24) is 20.5 Å². The first kappa shape index (κ1) is 18.1. The summed E-state index contributed by atoms with van der Waals surface area (Å²) >= 11 is 1.58. The van der Waals surface area contributed by atoms with E-state index in [1.54, 1.807) is 18.3 Å². The number of carbonyl (C=O) groups excluding carboxylic acids is 2. The zero-order valence-corrected chi connectivity index (χ0v) is 14.9. The van der Waals surface area contributed by atoms with Gasteiger partial charge in [0, 0.05) is 18.5 Å². The van der Waals surface area contributed by atoms with Gasteiger partial charge in [0.1, 0.15) is 0 Å². The Morgan fingerprint density at radius 3 is 2.62 bits per heavy atom. The van der Waals surface area contributed by atoms with Crippen LogP contribution < -0.4 is 10.6 Å². The van der Waals surface area contributed by atoms with E-state index in [2.05, 4.69) is 15.6 Å². The molecule has 0 radical (unpaired) electrons. The lowest BCUT2D eigenvalue weighted by Crippen LogP contribution is -2.48. The maximum atomic E-state index is 12.2. The molecule has 0 saturated carbocycles. The lowest BCUT2D eigenvalue weighted by atomic mass is 10.2. The predicted octanol–water partition coefficient (Wildman–Crippen LogP) is 2.30. The molecule has 0 fully saturated rings. The molecule has 0 aliphatic heterocycles. The topological polar surface area (TPSA) is 74.3 Å². The quantitative estimate of drug-likeness (QED) is 0.842. The van der Waals surface area contributed by atoms with Crippen molar-refractivity contribution in [2.24, 2.45) is 0 Å². The molecule has 24 heavy (non-hydrogen) atoms. The highest BCUT2D eigenvalue weighted by Gasteiger charge is 2.20. The number of hydrogen-bond donors (Lipinski definition) is 2. The summed E-state index contributed by atoms with van der Waals surface area (Å²) < 4.78 is 0. The van der Waals surface area contributed by atoms with Gasteiger partial charge in [-0.25, -0.2) is 9.78 Å². The first-order chi connectivity index (χ1) is 11.5. The van der Waals surface area contributed by atoms with E-state index < -0.39 is 12.1 Å². The number of aryl methyl sites for hydroxylation is 1. The summed E-state index contributed by atoms with van der Waals surface area (Å²) in [7, 11) is 1.83. The van der Waals surface area contributed by atoms with Crippen LogP contribution in [0.25, 0.3) is 0 Å². The fourth-order valence-electron chi connectivity index (χ4n) is 2.11. The van der Waals surface area contributed by atoms with Gasteiger partial charge < -0.3 is 5.32 Å². The molecule has 1 heterocycles. The highest BCUT2D eigenvalue weighted by Crippen LogP contribution is 2.11. The van der Waals surface area contributed by atoms with Crippen molar-refractivity contribution in [3.8, 4) is 0 Å². The second kappa shape index (κ2) is 8.56. The molecule has 128 valence electrons. The molecule has 0 saturated heterocycles. The Kier molecular flexibility index (Phi) is 6.45. The van der Waals surface area contributed by atoms with E-state index in [0.29, 0.717) is 13.1 Å². The van der Waals surface area contributed by atoms with Gasteiger partial charge in [-0.2, -0.15) is 0 Å². The van der Waals surface area contributed by atoms with E-state index in [1.807, 2.05) is 54.6 Å². The lowest BCUT2D eigenvalue weighted by Gasteiger charge is -2.22. The number of hydrogen-bond acceptors (Lipinski definition) is 5. The maximum Gasteiger partial charge on any atom is 0.321 e. The van der Waals surface area contributed by atoms with Crippen LogP contribution in [-0.4, -0.2) is 34.9 Å². The number of nitrogens with one attached hydrogen (secondary N) is 2. The Morgan fingerprint density at radius 2 is 2.00 bits per heavy atom. The third-order valence-electron chi connectivity index (χ3n) is 3.65. The standard InChI is InChI=1S/C17H22N4O2S/c1-12(21(3)10-15-11-24-13(2)19-15)16(22)20-17(23)18-9-14-7-5-4-6-8-14/h4-8,11-12H,9-10H2,1-3H3,(H2,18,20,22,23). The average Bonchev–Trinajstić information content (AvgIpc) is 2.98. The molecular weight excluding hydrogens is 324 g/mol. The van der Waals surface area contributed by atoms with Crippen molar-refractivity contribution < 1.29 is 9.59 Å². The van der Waals surface area contributed by atoms with Crippen LogP contribution in [0, 0.1) is 6.92 Å². The molecule has 2 N–H and O–H groups in total. The summed E-state index contributed by atoms with van der Waals surface area (Å²) in [5, 5.41) is 8.02. The summed E-state index contributed by atoms with van der Waals surface area (Å²) in [6.07, 6.45) is 0. The monoisotopic (exact) mass is 346 g/mol. The van der Waals surface area contributed by atoms with E-state index in [1.165, 1.54) is 0 Å². The van der Waals surface area contributed by atoms with Crippen molar-refractivity contribution in [3.63, 3.8) is 0 Å². The minimum Gasteiger partial charge on any atom is -0.334 e. The molecule has 2 rings (SSSR count). The fourth-order valence-corrected chi connectivity index (χ4v) is 2.72. The molecular formula is C17H22N4O2S. The minimum atomic E-state index is -0.492. The fraction of sp³-hybridized carbons (Fsp3) is 0.353. The Morgan fingerprint density at radius 1 is 1.29 bits per heavy atom. The summed E-state index contributed by atoms with van der Waals surface area (Å²) in [4.78, 5) is 30.3. The predicted molar refractivity (Wildman–Crippen MR) is 94.6 cm³/mol. The first-order valence-electron chi connectivity index (χ1n) is 7.69. The summed E-state index contributed by atoms with van der Waals surface area (Å²) in [6.45, 7) is 4.65. The highest BCUT2D eigenvalue weighted by atomic mass is 32.1. The van der Waals surface area contributed by atoms with E-state index in [-0.39, 0.29) is 5.91 Å². The summed E-state index contributed by atoms with van der Waals surface area (Å²) in [6, 6.07) is 8.61. The van der Waals surface area contributed by atoms with Crippen LogP contribution in [0.15, 0.2) is 35.7 Å². The van der Waals surface area contributed by atoms with Gasteiger partial charge in [0.2, 0.25) is 5.91 Å². The van der Waals surface area contributed by atoms with Gasteiger partial charge >= 0.3 is 6.03 Å². The highest BCUT2D eigenvalue weighted by molar-refractivity contribution is 7.09. The third-order valence-corrected chi connectivity index (χ3v) is 4.47. The number of nitrogens with zero attached hydrogens (tertiary/aromatic N) is 2. The molecule has 1 aromatic heterocycles. The Hall–Kier alpha value is -2.25. The second-order valence-corrected chi connectivity index (χ2v) is 6.67. The molecule has 0 aliphatic rings. The van der Waals surface area contributed by atoms with Gasteiger partial charge in [-0.3, -0.25) is 15.0 Å². The molecule has 7 heteroatoms. The molecule has 1 unspecified atom stereocenters. The minimum absolute atomic E-state index is 0.338. The number of likely N-dealkylation sites (N-methyl/N-ethyl adjacent to an activating group) is 1. The Labute approximate surface area is 145 Å². The van der Waals surface area contributed by atoms with E-state index in [4.69, 9.17) is 0 Å². The van der Waals surface area contributed by atoms with Gasteiger partial charge in [0.25, 0.3) is 0 Å². The van der Waals surface area contributed by atoms with E-state index in [0.717, 1.165) is 16.3 Å². The normalized spacial score (nSPS) is 12.0. The molecule has 0 spiro atoms. The number of aromatic nitrogens is 1. The molecule has 3 amide bonds. The van der Waals surface area contributed by atoms with Crippen LogP contribution in [0.4, 0.5) is 4.79 Å². The lowest BCUT2D eigenvalue weighted by molar-refractivity contribution is -0.124. The number of carbonyl (C=O) groups is 2. The van der Waals surface area contributed by atoms with Crippen LogP contribution in [0.2, 0.25) is 0 Å². The van der Waals surface area contributed by atoms with Crippen LogP contribution in [-0.2, 0) is 17.9 Å². The Balaban J connectivity index is 1.78. The molecule has 6 nitrogen and oxygen atoms in total. The van der Waals surface area contributed by atoms with Crippen molar-refractivity contribution in [3.05, 3.63) is 52.0 Å². The summed E-state index contributed by atoms with van der Waals surface area (Å²) in [5.41, 5.74) is 1.90. The van der Waals surface area contributed by atoms with E-state index in [9.17, 15) is 9.59 Å². The maximum absolute atomic E-state index is 12.2. The van der Waals surface area contributed by atoms with Gasteiger partial charge in [0.15, 0.2) is 0 Å². The van der Waals surface area contributed by atoms with Gasteiger partial charge in [0.05, 0.1) is 16.7 Å². The smallest absolute Gasteiger partial charge is 0.321 e. The van der Waals surface area contributed by atoms with Gasteiger partial charge in [-0.1, -0.05) is 30.3 Å². The summed E-state index contributed by atoms with van der Waals surface area (Å²) in [5.74, 6) is -0.338. The number of thiazole rings is 1. The van der Waals surface area contributed by atoms with Crippen molar-refractivity contribution in [1.29, 1.82) is 0 Å².